The standard InChI is InChI=1S/C14H26N2O3S/c1-10(2)6-11(7-12(17)18)8-15-13(19)16-9-14(20-3)4-5-14/h10-11H,4-9H2,1-3H3,(H,17,18)(H2,15,16,19). The number of thioether (sulfide) groups is 1. The molecular weight excluding hydrogens is 276 g/mol. The van der Waals surface area contributed by atoms with Gasteiger partial charge in [0.05, 0.1) is 0 Å². The van der Waals surface area contributed by atoms with Crippen LogP contribution in [0, 0.1) is 11.8 Å². The number of nitrogens with one attached hydrogen (secondary N) is 2. The summed E-state index contributed by atoms with van der Waals surface area (Å²) in [5, 5.41) is 14.6. The summed E-state index contributed by atoms with van der Waals surface area (Å²) < 4.78 is 0.246. The fourth-order valence-corrected chi connectivity index (χ4v) is 3.01. The van der Waals surface area contributed by atoms with E-state index < -0.39 is 5.97 Å². The number of rotatable bonds is 9. The molecule has 1 unspecified atom stereocenters. The second-order valence-electron chi connectivity index (χ2n) is 6.04. The van der Waals surface area contributed by atoms with E-state index in [9.17, 15) is 9.59 Å². The molecule has 116 valence electrons. The van der Waals surface area contributed by atoms with Gasteiger partial charge in [0.1, 0.15) is 0 Å². The summed E-state index contributed by atoms with van der Waals surface area (Å²) in [6.45, 7) is 5.23. The van der Waals surface area contributed by atoms with Crippen LogP contribution in [0.2, 0.25) is 0 Å². The molecule has 0 bridgehead atoms. The first-order valence-electron chi connectivity index (χ1n) is 7.15. The van der Waals surface area contributed by atoms with Gasteiger partial charge in [-0.05, 0) is 37.4 Å². The van der Waals surface area contributed by atoms with Crippen molar-refractivity contribution in [3.05, 3.63) is 0 Å². The first-order chi connectivity index (χ1) is 9.37. The van der Waals surface area contributed by atoms with E-state index in [-0.39, 0.29) is 23.1 Å². The van der Waals surface area contributed by atoms with Crippen molar-refractivity contribution in [1.82, 2.24) is 10.6 Å². The third-order valence-corrected chi connectivity index (χ3v) is 5.05. The molecule has 20 heavy (non-hydrogen) atoms. The quantitative estimate of drug-likeness (QED) is 0.611. The van der Waals surface area contributed by atoms with Crippen LogP contribution in [-0.4, -0.2) is 41.2 Å². The average Bonchev–Trinajstić information content (AvgIpc) is 3.13. The molecule has 0 heterocycles. The van der Waals surface area contributed by atoms with Crippen LogP contribution >= 0.6 is 11.8 Å². The van der Waals surface area contributed by atoms with Crippen molar-refractivity contribution >= 4 is 23.8 Å². The Hall–Kier alpha value is -0.910. The van der Waals surface area contributed by atoms with E-state index in [0.29, 0.717) is 19.0 Å². The van der Waals surface area contributed by atoms with Crippen LogP contribution in [0.5, 0.6) is 0 Å². The molecule has 3 N–H and O–H groups in total. The molecule has 0 aliphatic heterocycles. The van der Waals surface area contributed by atoms with Gasteiger partial charge in [0.25, 0.3) is 0 Å². The molecular formula is C14H26N2O3S. The second kappa shape index (κ2) is 7.76. The third kappa shape index (κ3) is 6.50. The van der Waals surface area contributed by atoms with Crippen LogP contribution < -0.4 is 10.6 Å². The number of carbonyl (C=O) groups is 2. The minimum atomic E-state index is -0.808. The van der Waals surface area contributed by atoms with Gasteiger partial charge in [-0.2, -0.15) is 11.8 Å². The lowest BCUT2D eigenvalue weighted by molar-refractivity contribution is -0.138. The van der Waals surface area contributed by atoms with E-state index in [1.807, 2.05) is 0 Å². The Morgan fingerprint density at radius 2 is 1.95 bits per heavy atom. The summed E-state index contributed by atoms with van der Waals surface area (Å²) in [5.74, 6) is -0.388. The third-order valence-electron chi connectivity index (χ3n) is 3.63. The van der Waals surface area contributed by atoms with Gasteiger partial charge >= 0.3 is 12.0 Å². The first kappa shape index (κ1) is 17.1. The zero-order chi connectivity index (χ0) is 15.2. The highest BCUT2D eigenvalue weighted by Gasteiger charge is 2.41. The van der Waals surface area contributed by atoms with E-state index >= 15 is 0 Å². The Labute approximate surface area is 125 Å². The summed E-state index contributed by atoms with van der Waals surface area (Å²) in [7, 11) is 0. The number of aliphatic carboxylic acids is 1. The lowest BCUT2D eigenvalue weighted by Crippen LogP contribution is -2.42. The van der Waals surface area contributed by atoms with E-state index in [4.69, 9.17) is 5.11 Å². The van der Waals surface area contributed by atoms with E-state index in [2.05, 4.69) is 30.7 Å². The number of carboxylic acids is 1. The van der Waals surface area contributed by atoms with Crippen LogP contribution in [-0.2, 0) is 4.79 Å². The van der Waals surface area contributed by atoms with Crippen LogP contribution in [0.15, 0.2) is 0 Å². The molecule has 6 heteroatoms. The maximum atomic E-state index is 11.7. The molecule has 1 atom stereocenters. The number of hydrogen-bond donors (Lipinski definition) is 3. The Morgan fingerprint density at radius 3 is 2.40 bits per heavy atom. The van der Waals surface area contributed by atoms with Gasteiger partial charge in [-0.15, -0.1) is 0 Å². The maximum absolute atomic E-state index is 11.7. The van der Waals surface area contributed by atoms with E-state index in [1.54, 1.807) is 11.8 Å². The summed E-state index contributed by atoms with van der Waals surface area (Å²) in [6.07, 6.45) is 5.29. The topological polar surface area (TPSA) is 78.4 Å². The molecule has 0 spiro atoms. The van der Waals surface area contributed by atoms with Crippen LogP contribution in [0.1, 0.15) is 39.5 Å². The SMILES string of the molecule is CSC1(CNC(=O)NCC(CC(=O)O)CC(C)C)CC1. The number of hydrogen-bond acceptors (Lipinski definition) is 3. The monoisotopic (exact) mass is 302 g/mol. The highest BCUT2D eigenvalue weighted by molar-refractivity contribution is 8.00. The molecule has 0 aromatic rings. The maximum Gasteiger partial charge on any atom is 0.314 e. The van der Waals surface area contributed by atoms with Crippen LogP contribution in [0.3, 0.4) is 0 Å². The van der Waals surface area contributed by atoms with Gasteiger partial charge < -0.3 is 15.7 Å². The molecule has 2 amide bonds. The molecule has 1 aliphatic rings. The summed E-state index contributed by atoms with van der Waals surface area (Å²) >= 11 is 1.80. The molecule has 5 nitrogen and oxygen atoms in total. The van der Waals surface area contributed by atoms with Crippen LogP contribution in [0.4, 0.5) is 4.79 Å². The largest absolute Gasteiger partial charge is 0.481 e. The molecule has 0 aromatic heterocycles. The van der Waals surface area contributed by atoms with Gasteiger partial charge in [0.15, 0.2) is 0 Å². The number of carboxylic acid groups (broad SMARTS) is 1. The Bertz CT molecular complexity index is 343. The Morgan fingerprint density at radius 1 is 1.30 bits per heavy atom. The molecule has 1 fully saturated rings. The predicted octanol–water partition coefficient (Wildman–Crippen LogP) is 2.32. The number of amides is 2. The molecule has 1 rings (SSSR count). The summed E-state index contributed by atoms with van der Waals surface area (Å²) in [5.41, 5.74) is 0. The lowest BCUT2D eigenvalue weighted by atomic mass is 9.94. The minimum Gasteiger partial charge on any atom is -0.481 e. The van der Waals surface area contributed by atoms with Crippen molar-refractivity contribution in [3.63, 3.8) is 0 Å². The smallest absolute Gasteiger partial charge is 0.314 e. The predicted molar refractivity (Wildman–Crippen MR) is 82.1 cm³/mol. The van der Waals surface area contributed by atoms with E-state index in [0.717, 1.165) is 19.3 Å². The second-order valence-corrected chi connectivity index (χ2v) is 7.32. The van der Waals surface area contributed by atoms with Gasteiger partial charge in [-0.25, -0.2) is 4.79 Å². The number of urea groups is 1. The van der Waals surface area contributed by atoms with Crippen molar-refractivity contribution in [3.8, 4) is 0 Å². The van der Waals surface area contributed by atoms with Crippen molar-refractivity contribution in [2.75, 3.05) is 19.3 Å². The summed E-state index contributed by atoms with van der Waals surface area (Å²) in [6, 6.07) is -0.190. The van der Waals surface area contributed by atoms with Crippen molar-refractivity contribution in [2.24, 2.45) is 11.8 Å². The zero-order valence-electron chi connectivity index (χ0n) is 12.6. The molecule has 1 aliphatic carbocycles. The normalized spacial score (nSPS) is 17.6. The Kier molecular flexibility index (Phi) is 6.65. The fourth-order valence-electron chi connectivity index (χ4n) is 2.29. The fraction of sp³-hybridized carbons (Fsp3) is 0.857. The van der Waals surface area contributed by atoms with Crippen molar-refractivity contribution in [1.29, 1.82) is 0 Å². The van der Waals surface area contributed by atoms with Crippen LogP contribution in [0.25, 0.3) is 0 Å². The minimum absolute atomic E-state index is 0.00585. The lowest BCUT2D eigenvalue weighted by Gasteiger charge is -2.19. The van der Waals surface area contributed by atoms with Crippen molar-refractivity contribution < 1.29 is 14.7 Å². The zero-order valence-corrected chi connectivity index (χ0v) is 13.4. The number of carbonyl (C=O) groups excluding carboxylic acids is 1. The highest BCUT2D eigenvalue weighted by atomic mass is 32.2. The molecule has 0 saturated heterocycles. The highest BCUT2D eigenvalue weighted by Crippen LogP contribution is 2.46. The first-order valence-corrected chi connectivity index (χ1v) is 8.38. The van der Waals surface area contributed by atoms with Gasteiger partial charge in [0, 0.05) is 24.3 Å². The Balaban J connectivity index is 2.26. The van der Waals surface area contributed by atoms with E-state index in [1.165, 1.54) is 0 Å². The molecule has 0 aromatic carbocycles. The molecule has 1 saturated carbocycles. The molecule has 0 radical (unpaired) electrons. The van der Waals surface area contributed by atoms with Gasteiger partial charge in [-0.1, -0.05) is 13.8 Å². The average molecular weight is 302 g/mol. The van der Waals surface area contributed by atoms with Crippen molar-refractivity contribution in [2.45, 2.75) is 44.3 Å². The summed E-state index contributed by atoms with van der Waals surface area (Å²) in [4.78, 5) is 22.5. The van der Waals surface area contributed by atoms with Gasteiger partial charge in [-0.3, -0.25) is 4.79 Å². The van der Waals surface area contributed by atoms with Gasteiger partial charge in [0.2, 0.25) is 0 Å².